The summed E-state index contributed by atoms with van der Waals surface area (Å²) in [4.78, 5) is 17.9. The summed E-state index contributed by atoms with van der Waals surface area (Å²) in [7, 11) is -2.30. The van der Waals surface area contributed by atoms with Gasteiger partial charge in [-0.3, -0.25) is 19.2 Å². The van der Waals surface area contributed by atoms with E-state index in [-0.39, 0.29) is 40.3 Å². The van der Waals surface area contributed by atoms with Gasteiger partial charge < -0.3 is 11.5 Å². The molecule has 7 rings (SSSR count). The van der Waals surface area contributed by atoms with Crippen molar-refractivity contribution in [2.75, 3.05) is 16.7 Å². The van der Waals surface area contributed by atoms with Gasteiger partial charge in [-0.15, -0.1) is 0 Å². The van der Waals surface area contributed by atoms with Crippen LogP contribution in [0.3, 0.4) is 0 Å². The van der Waals surface area contributed by atoms with Crippen LogP contribution in [0.2, 0.25) is 0 Å². The molecule has 1 amide bonds. The molecule has 2 aromatic carbocycles. The lowest BCUT2D eigenvalue weighted by atomic mass is 9.84. The van der Waals surface area contributed by atoms with Gasteiger partial charge in [0, 0.05) is 47.0 Å². The predicted octanol–water partition coefficient (Wildman–Crippen LogP) is 5.34. The average molecular weight is 737 g/mol. The number of anilines is 2. The zero-order valence-electron chi connectivity index (χ0n) is 26.5. The Labute approximate surface area is 284 Å². The van der Waals surface area contributed by atoms with Crippen LogP contribution in [0.1, 0.15) is 52.5 Å². The third-order valence-corrected chi connectivity index (χ3v) is 9.76. The summed E-state index contributed by atoms with van der Waals surface area (Å²) in [5.74, 6) is -11.5. The Bertz CT molecular complexity index is 2350. The number of halogens is 7. The highest BCUT2D eigenvalue weighted by Crippen LogP contribution is 2.69. The summed E-state index contributed by atoms with van der Waals surface area (Å²) in [6.45, 7) is 0. The number of alkyl halides is 5. The Hall–Kier alpha value is -5.20. The molecule has 1 saturated carbocycles. The second-order valence-electron chi connectivity index (χ2n) is 12.8. The van der Waals surface area contributed by atoms with E-state index < -0.39 is 86.8 Å². The fourth-order valence-corrected chi connectivity index (χ4v) is 7.77. The fourth-order valence-electron chi connectivity index (χ4n) is 7.27. The van der Waals surface area contributed by atoms with E-state index in [1.165, 1.54) is 23.9 Å². The molecule has 0 bridgehead atoms. The normalized spacial score (nSPS) is 19.1. The SMILES string of the molecule is Cn1nc(NS(C)(=O)=O)c2cccc(-c3cc(N)cnc3[C@@H](Cc3cc(F)cc(F)c3)C(C(N)=O)n3nc(C(F)(F)F)c4c3C(F)(F)[C@@H]3C[C@H]43)c21. The van der Waals surface area contributed by atoms with Gasteiger partial charge in [0.05, 0.1) is 29.4 Å². The monoisotopic (exact) mass is 736 g/mol. The van der Waals surface area contributed by atoms with Gasteiger partial charge in [0.1, 0.15) is 23.4 Å². The van der Waals surface area contributed by atoms with E-state index in [1.807, 2.05) is 0 Å². The van der Waals surface area contributed by atoms with Crippen LogP contribution >= 0.6 is 0 Å². The molecule has 5 aromatic rings. The maximum Gasteiger partial charge on any atom is 0.435 e. The van der Waals surface area contributed by atoms with Gasteiger partial charge in [-0.1, -0.05) is 12.1 Å². The standard InChI is InChI=1S/C32H27F7N8O3S/c1-46-25-17(4-3-5-18(25)30(44-46)45-51(2,49)50)19-10-16(40)12-42-24(19)21(8-13-6-14(33)9-15(34)7-13)26(29(41)48)47-28-23(27(43-47)32(37,38)39)20-11-22(20)31(28,35)36/h3-7,9-10,12,20-22,26H,8,11,40H2,1-2H3,(H2,41,48)(H,44,45)/t20-,21+,22+,26?/m0/s1. The van der Waals surface area contributed by atoms with E-state index in [9.17, 15) is 35.2 Å². The maximum absolute atomic E-state index is 15.8. The number of nitrogen functional groups attached to an aromatic ring is 1. The number of sulfonamides is 1. The smallest absolute Gasteiger partial charge is 0.397 e. The molecule has 3 aromatic heterocycles. The first-order valence-electron chi connectivity index (χ1n) is 15.3. The number of hydrogen-bond donors (Lipinski definition) is 3. The summed E-state index contributed by atoms with van der Waals surface area (Å²) in [6.07, 6.45) is -3.87. The zero-order chi connectivity index (χ0) is 36.9. The van der Waals surface area contributed by atoms with E-state index in [2.05, 4.69) is 19.9 Å². The predicted molar refractivity (Wildman–Crippen MR) is 170 cm³/mol. The van der Waals surface area contributed by atoms with E-state index in [0.29, 0.717) is 21.7 Å². The average Bonchev–Trinajstić information content (AvgIpc) is 3.54. The summed E-state index contributed by atoms with van der Waals surface area (Å²) in [5.41, 5.74) is 9.07. The molecular formula is C32H27F7N8O3S. The number of fused-ring (bicyclic) bond motifs is 4. The minimum Gasteiger partial charge on any atom is -0.397 e. The van der Waals surface area contributed by atoms with Crippen LogP contribution in [-0.2, 0) is 40.4 Å². The lowest BCUT2D eigenvalue weighted by molar-refractivity contribution is -0.142. The molecule has 2 aliphatic rings. The summed E-state index contributed by atoms with van der Waals surface area (Å²) >= 11 is 0. The Morgan fingerprint density at radius 2 is 1.78 bits per heavy atom. The van der Waals surface area contributed by atoms with Crippen LogP contribution in [0.25, 0.3) is 22.0 Å². The van der Waals surface area contributed by atoms with Crippen molar-refractivity contribution in [3.05, 3.63) is 88.5 Å². The van der Waals surface area contributed by atoms with Gasteiger partial charge in [-0.25, -0.2) is 21.9 Å². The number of para-hydroxylation sites is 1. The number of nitrogens with two attached hydrogens (primary N) is 2. The van der Waals surface area contributed by atoms with Crippen LogP contribution < -0.4 is 16.2 Å². The van der Waals surface area contributed by atoms with Crippen molar-refractivity contribution >= 4 is 38.3 Å². The number of benzene rings is 2. The maximum atomic E-state index is 15.8. The van der Waals surface area contributed by atoms with E-state index in [1.54, 1.807) is 12.1 Å². The summed E-state index contributed by atoms with van der Waals surface area (Å²) < 4.78 is 132. The number of amides is 1. The molecule has 51 heavy (non-hydrogen) atoms. The lowest BCUT2D eigenvalue weighted by Gasteiger charge is -2.29. The Morgan fingerprint density at radius 1 is 1.10 bits per heavy atom. The lowest BCUT2D eigenvalue weighted by Crippen LogP contribution is -2.37. The van der Waals surface area contributed by atoms with Crippen molar-refractivity contribution in [2.24, 2.45) is 18.7 Å². The summed E-state index contributed by atoms with van der Waals surface area (Å²) in [6, 6.07) is 6.33. The van der Waals surface area contributed by atoms with Crippen LogP contribution in [0.15, 0.2) is 48.7 Å². The number of aryl methyl sites for hydroxylation is 1. The third-order valence-electron chi connectivity index (χ3n) is 9.20. The Kier molecular flexibility index (Phi) is 7.66. The molecule has 0 radical (unpaired) electrons. The van der Waals surface area contributed by atoms with Gasteiger partial charge >= 0.3 is 6.18 Å². The number of carbonyl (C=O) groups is 1. The molecule has 0 saturated heterocycles. The molecule has 19 heteroatoms. The van der Waals surface area contributed by atoms with Crippen LogP contribution in [-0.4, -0.2) is 45.1 Å². The van der Waals surface area contributed by atoms with E-state index in [0.717, 1.165) is 24.6 Å². The Balaban J connectivity index is 1.50. The van der Waals surface area contributed by atoms with Gasteiger partial charge in [-0.05, 0) is 48.6 Å². The molecule has 3 heterocycles. The molecule has 11 nitrogen and oxygen atoms in total. The third kappa shape index (κ3) is 5.81. The van der Waals surface area contributed by atoms with Crippen molar-refractivity contribution in [1.29, 1.82) is 0 Å². The Morgan fingerprint density at radius 3 is 2.41 bits per heavy atom. The molecule has 0 spiro atoms. The second-order valence-corrected chi connectivity index (χ2v) is 14.6. The van der Waals surface area contributed by atoms with Crippen molar-refractivity contribution in [1.82, 2.24) is 24.5 Å². The molecule has 1 fully saturated rings. The highest BCUT2D eigenvalue weighted by Gasteiger charge is 2.69. The van der Waals surface area contributed by atoms with Crippen molar-refractivity contribution in [3.63, 3.8) is 0 Å². The molecule has 268 valence electrons. The number of rotatable bonds is 9. The molecule has 2 aliphatic carbocycles. The summed E-state index contributed by atoms with van der Waals surface area (Å²) in [5, 5.41) is 8.13. The van der Waals surface area contributed by atoms with E-state index >= 15 is 8.78 Å². The van der Waals surface area contributed by atoms with Gasteiger partial charge in [-0.2, -0.15) is 32.1 Å². The van der Waals surface area contributed by atoms with Crippen molar-refractivity contribution < 1.29 is 43.9 Å². The molecule has 4 atom stereocenters. The minimum atomic E-state index is -5.18. The number of nitrogens with zero attached hydrogens (tertiary/aromatic N) is 5. The number of aromatic nitrogens is 5. The van der Waals surface area contributed by atoms with Gasteiger partial charge in [0.2, 0.25) is 15.9 Å². The van der Waals surface area contributed by atoms with Crippen molar-refractivity contribution in [3.8, 4) is 11.1 Å². The first kappa shape index (κ1) is 34.3. The first-order valence-corrected chi connectivity index (χ1v) is 17.2. The highest BCUT2D eigenvalue weighted by atomic mass is 32.2. The second kappa shape index (κ2) is 11.4. The highest BCUT2D eigenvalue weighted by molar-refractivity contribution is 7.92. The topological polar surface area (TPSA) is 164 Å². The largest absolute Gasteiger partial charge is 0.435 e. The fraction of sp³-hybridized carbons (Fsp3) is 0.312. The molecule has 5 N–H and O–H groups in total. The number of primary amides is 1. The number of pyridine rings is 1. The quantitative estimate of drug-likeness (QED) is 0.172. The zero-order valence-corrected chi connectivity index (χ0v) is 27.3. The van der Waals surface area contributed by atoms with Crippen LogP contribution in [0.5, 0.6) is 0 Å². The molecule has 1 unspecified atom stereocenters. The van der Waals surface area contributed by atoms with Gasteiger partial charge in [0.15, 0.2) is 11.5 Å². The van der Waals surface area contributed by atoms with Gasteiger partial charge in [0.25, 0.3) is 5.92 Å². The minimum absolute atomic E-state index is 0.0513. The van der Waals surface area contributed by atoms with E-state index in [4.69, 9.17) is 11.5 Å². The number of hydrogen-bond acceptors (Lipinski definition) is 7. The molecular weight excluding hydrogens is 709 g/mol. The number of nitrogens with one attached hydrogen (secondary N) is 1. The molecule has 0 aliphatic heterocycles. The number of carbonyl (C=O) groups excluding carboxylic acids is 1. The van der Waals surface area contributed by atoms with Crippen LogP contribution in [0.4, 0.5) is 42.2 Å². The van der Waals surface area contributed by atoms with Crippen LogP contribution in [0, 0.1) is 17.6 Å². The first-order chi connectivity index (χ1) is 23.8. The van der Waals surface area contributed by atoms with Crippen molar-refractivity contribution in [2.45, 2.75) is 42.8 Å².